The maximum Gasteiger partial charge on any atom is 0.259 e. The van der Waals surface area contributed by atoms with Gasteiger partial charge in [-0.2, -0.15) is 0 Å². The van der Waals surface area contributed by atoms with Crippen molar-refractivity contribution in [3.05, 3.63) is 12.5 Å². The maximum atomic E-state index is 11.9. The molecule has 0 aromatic carbocycles. The minimum Gasteiger partial charge on any atom is -0.336 e. The fourth-order valence-corrected chi connectivity index (χ4v) is 2.91. The van der Waals surface area contributed by atoms with Crippen molar-refractivity contribution in [3.63, 3.8) is 0 Å². The molecule has 1 atom stereocenters. The van der Waals surface area contributed by atoms with Crippen molar-refractivity contribution in [2.45, 2.75) is 44.3 Å². The number of hydrogen-bond donors (Lipinski definition) is 1. The average molecular weight is 243 g/mol. The smallest absolute Gasteiger partial charge is 0.259 e. The number of nitrogens with zero attached hydrogens (tertiary/aromatic N) is 2. The Morgan fingerprint density at radius 1 is 1.62 bits per heavy atom. The molecule has 1 N–H and O–H groups in total. The first kappa shape index (κ1) is 11.6. The number of imidazole rings is 1. The highest BCUT2D eigenvalue weighted by Crippen LogP contribution is 2.32. The Labute approximate surface area is 95.9 Å². The van der Waals surface area contributed by atoms with Crippen LogP contribution in [-0.2, 0) is 16.6 Å². The summed E-state index contributed by atoms with van der Waals surface area (Å²) in [5.41, 5.74) is 0. The summed E-state index contributed by atoms with van der Waals surface area (Å²) in [5.74, 6) is 0.503. The third-order valence-corrected chi connectivity index (χ3v) is 4.36. The molecule has 1 aliphatic rings. The Kier molecular flexibility index (Phi) is 3.03. The molecule has 16 heavy (non-hydrogen) atoms. The number of nitrogens with one attached hydrogen (secondary N) is 1. The molecule has 0 aliphatic heterocycles. The SMILES string of the molecule is CCn1cnc(S(=O)(=O)N[C@@H](C)C2CC2)c1. The van der Waals surface area contributed by atoms with Crippen LogP contribution in [0.2, 0.25) is 0 Å². The van der Waals surface area contributed by atoms with Gasteiger partial charge in [0, 0.05) is 18.8 Å². The number of rotatable bonds is 5. The second-order valence-corrected chi connectivity index (χ2v) is 5.95. The summed E-state index contributed by atoms with van der Waals surface area (Å²) in [7, 11) is -3.44. The predicted octanol–water partition coefficient (Wildman–Crippen LogP) is 0.980. The van der Waals surface area contributed by atoms with Gasteiger partial charge < -0.3 is 4.57 Å². The summed E-state index contributed by atoms with van der Waals surface area (Å²) in [5, 5.41) is 0.113. The van der Waals surface area contributed by atoms with E-state index in [9.17, 15) is 8.42 Å². The highest BCUT2D eigenvalue weighted by Gasteiger charge is 2.31. The molecule has 1 heterocycles. The summed E-state index contributed by atoms with van der Waals surface area (Å²) < 4.78 is 28.2. The summed E-state index contributed by atoms with van der Waals surface area (Å²) in [4.78, 5) is 3.90. The van der Waals surface area contributed by atoms with Gasteiger partial charge in [-0.15, -0.1) is 0 Å². The molecule has 6 heteroatoms. The van der Waals surface area contributed by atoms with Crippen molar-refractivity contribution in [2.75, 3.05) is 0 Å². The lowest BCUT2D eigenvalue weighted by molar-refractivity contribution is 0.535. The first-order chi connectivity index (χ1) is 7.53. The van der Waals surface area contributed by atoms with Crippen LogP contribution in [0.4, 0.5) is 0 Å². The Hall–Kier alpha value is -0.880. The molecule has 0 bridgehead atoms. The second-order valence-electron chi connectivity index (χ2n) is 4.29. The third kappa shape index (κ3) is 2.44. The van der Waals surface area contributed by atoms with Crippen LogP contribution < -0.4 is 4.72 Å². The minimum absolute atomic E-state index is 0.0109. The Bertz CT molecular complexity index is 462. The number of aryl methyl sites for hydroxylation is 1. The van der Waals surface area contributed by atoms with E-state index in [4.69, 9.17) is 0 Å². The Balaban J connectivity index is 2.11. The quantitative estimate of drug-likeness (QED) is 0.838. The van der Waals surface area contributed by atoms with Crippen LogP contribution in [0.1, 0.15) is 26.7 Å². The van der Waals surface area contributed by atoms with Crippen LogP contribution in [-0.4, -0.2) is 24.0 Å². The molecule has 2 rings (SSSR count). The number of aromatic nitrogens is 2. The van der Waals surface area contributed by atoms with Crippen LogP contribution in [0.25, 0.3) is 0 Å². The van der Waals surface area contributed by atoms with Crippen LogP contribution in [0.15, 0.2) is 17.6 Å². The van der Waals surface area contributed by atoms with E-state index in [1.165, 1.54) is 6.33 Å². The van der Waals surface area contributed by atoms with Crippen molar-refractivity contribution >= 4 is 10.0 Å². The summed E-state index contributed by atoms with van der Waals surface area (Å²) in [6.07, 6.45) is 5.33. The average Bonchev–Trinajstić information content (AvgIpc) is 2.95. The van der Waals surface area contributed by atoms with E-state index in [0.29, 0.717) is 5.92 Å². The molecule has 0 saturated heterocycles. The molecule has 90 valence electrons. The molecule has 0 radical (unpaired) electrons. The zero-order valence-corrected chi connectivity index (χ0v) is 10.4. The minimum atomic E-state index is -3.44. The van der Waals surface area contributed by atoms with Crippen molar-refractivity contribution in [2.24, 2.45) is 5.92 Å². The topological polar surface area (TPSA) is 64.0 Å². The zero-order valence-electron chi connectivity index (χ0n) is 9.55. The van der Waals surface area contributed by atoms with Gasteiger partial charge in [0.1, 0.15) is 0 Å². The molecular formula is C10H17N3O2S. The molecule has 5 nitrogen and oxygen atoms in total. The summed E-state index contributed by atoms with van der Waals surface area (Å²) in [6.45, 7) is 4.57. The zero-order chi connectivity index (χ0) is 11.8. The Morgan fingerprint density at radius 3 is 2.81 bits per heavy atom. The van der Waals surface area contributed by atoms with Gasteiger partial charge in [-0.1, -0.05) is 0 Å². The fraction of sp³-hybridized carbons (Fsp3) is 0.700. The molecule has 0 amide bonds. The largest absolute Gasteiger partial charge is 0.336 e. The monoisotopic (exact) mass is 243 g/mol. The predicted molar refractivity (Wildman–Crippen MR) is 60.4 cm³/mol. The molecule has 1 saturated carbocycles. The van der Waals surface area contributed by atoms with E-state index < -0.39 is 10.0 Å². The lowest BCUT2D eigenvalue weighted by Crippen LogP contribution is -2.34. The summed E-state index contributed by atoms with van der Waals surface area (Å²) in [6, 6.07) is 0.0109. The van der Waals surface area contributed by atoms with Crippen molar-refractivity contribution in [1.29, 1.82) is 0 Å². The van der Waals surface area contributed by atoms with Gasteiger partial charge in [0.25, 0.3) is 10.0 Å². The first-order valence-electron chi connectivity index (χ1n) is 5.57. The second kappa shape index (κ2) is 4.18. The molecule has 1 aromatic rings. The third-order valence-electron chi connectivity index (χ3n) is 2.92. The van der Waals surface area contributed by atoms with E-state index in [0.717, 1.165) is 19.4 Å². The van der Waals surface area contributed by atoms with Gasteiger partial charge in [-0.05, 0) is 32.6 Å². The van der Waals surface area contributed by atoms with Gasteiger partial charge in [0.15, 0.2) is 5.03 Å². The normalized spacial score (nSPS) is 18.6. The molecule has 0 spiro atoms. The van der Waals surface area contributed by atoms with E-state index in [2.05, 4.69) is 9.71 Å². The number of sulfonamides is 1. The van der Waals surface area contributed by atoms with Crippen LogP contribution in [0.3, 0.4) is 0 Å². The van der Waals surface area contributed by atoms with Crippen LogP contribution in [0, 0.1) is 5.92 Å². The lowest BCUT2D eigenvalue weighted by Gasteiger charge is -2.11. The summed E-state index contributed by atoms with van der Waals surface area (Å²) >= 11 is 0. The molecule has 1 aromatic heterocycles. The lowest BCUT2D eigenvalue weighted by atomic mass is 10.2. The van der Waals surface area contributed by atoms with Crippen LogP contribution in [0.5, 0.6) is 0 Å². The van der Waals surface area contributed by atoms with Gasteiger partial charge in [-0.3, -0.25) is 0 Å². The fourth-order valence-electron chi connectivity index (χ4n) is 1.65. The molecule has 1 fully saturated rings. The highest BCUT2D eigenvalue weighted by atomic mass is 32.2. The Morgan fingerprint density at radius 2 is 2.31 bits per heavy atom. The molecule has 0 unspecified atom stereocenters. The van der Waals surface area contributed by atoms with Crippen molar-refractivity contribution in [3.8, 4) is 0 Å². The van der Waals surface area contributed by atoms with E-state index in [1.807, 2.05) is 13.8 Å². The molecule has 1 aliphatic carbocycles. The van der Waals surface area contributed by atoms with Gasteiger partial charge in [0.2, 0.25) is 0 Å². The van der Waals surface area contributed by atoms with E-state index >= 15 is 0 Å². The van der Waals surface area contributed by atoms with Crippen molar-refractivity contribution < 1.29 is 8.42 Å². The maximum absolute atomic E-state index is 11.9. The first-order valence-corrected chi connectivity index (χ1v) is 7.05. The van der Waals surface area contributed by atoms with Crippen molar-refractivity contribution in [1.82, 2.24) is 14.3 Å². The van der Waals surface area contributed by atoms with Gasteiger partial charge in [0.05, 0.1) is 6.33 Å². The number of hydrogen-bond acceptors (Lipinski definition) is 3. The van der Waals surface area contributed by atoms with E-state index in [1.54, 1.807) is 10.8 Å². The standard InChI is InChI=1S/C10H17N3O2S/c1-3-13-6-10(11-7-13)16(14,15)12-8(2)9-4-5-9/h6-9,12H,3-5H2,1-2H3/t8-/m0/s1. The molecular weight excluding hydrogens is 226 g/mol. The van der Waals surface area contributed by atoms with E-state index in [-0.39, 0.29) is 11.1 Å². The highest BCUT2D eigenvalue weighted by molar-refractivity contribution is 7.89. The van der Waals surface area contributed by atoms with Gasteiger partial charge in [-0.25, -0.2) is 18.1 Å². The van der Waals surface area contributed by atoms with Crippen LogP contribution >= 0.6 is 0 Å². The van der Waals surface area contributed by atoms with Gasteiger partial charge >= 0.3 is 0 Å².